The molecule has 0 fully saturated rings. The summed E-state index contributed by atoms with van der Waals surface area (Å²) in [6.45, 7) is 4.44. The number of carboxylic acid groups (broad SMARTS) is 1. The molecule has 0 atom stereocenters. The van der Waals surface area contributed by atoms with Crippen LogP contribution in [0.4, 0.5) is 0 Å². The van der Waals surface area contributed by atoms with E-state index in [1.165, 1.54) is 26.0 Å². The molecular formula is C19H28O4. The first-order valence-electron chi connectivity index (χ1n) is 8.25. The van der Waals surface area contributed by atoms with Crippen LogP contribution in [0.25, 0.3) is 6.08 Å². The molecular weight excluding hydrogens is 292 g/mol. The Morgan fingerprint density at radius 3 is 2.52 bits per heavy atom. The number of benzene rings is 1. The molecule has 4 heteroatoms. The summed E-state index contributed by atoms with van der Waals surface area (Å²) in [6.07, 6.45) is 7.73. The van der Waals surface area contributed by atoms with Crippen molar-refractivity contribution in [1.82, 2.24) is 0 Å². The Labute approximate surface area is 138 Å². The molecule has 0 saturated carbocycles. The van der Waals surface area contributed by atoms with Crippen molar-refractivity contribution in [2.75, 3.05) is 7.11 Å². The lowest BCUT2D eigenvalue weighted by atomic mass is 10.0. The van der Waals surface area contributed by atoms with Gasteiger partial charge in [0, 0.05) is 5.57 Å². The first-order valence-corrected chi connectivity index (χ1v) is 8.25. The molecule has 23 heavy (non-hydrogen) atoms. The molecule has 1 aromatic rings. The van der Waals surface area contributed by atoms with Crippen LogP contribution in [-0.2, 0) is 4.79 Å². The van der Waals surface area contributed by atoms with Crippen LogP contribution in [0.1, 0.15) is 57.9 Å². The number of aromatic hydroxyl groups is 1. The zero-order valence-corrected chi connectivity index (χ0v) is 14.3. The van der Waals surface area contributed by atoms with Crippen molar-refractivity contribution < 1.29 is 19.7 Å². The van der Waals surface area contributed by atoms with Gasteiger partial charge in [0.05, 0.1) is 7.11 Å². The zero-order valence-electron chi connectivity index (χ0n) is 14.3. The maximum atomic E-state index is 11.4. The van der Waals surface area contributed by atoms with Crippen LogP contribution in [0.5, 0.6) is 11.5 Å². The van der Waals surface area contributed by atoms with E-state index in [0.29, 0.717) is 17.7 Å². The van der Waals surface area contributed by atoms with Gasteiger partial charge in [0.1, 0.15) is 0 Å². The number of phenolic OH excluding ortho intramolecular Hbond substituents is 1. The summed E-state index contributed by atoms with van der Waals surface area (Å²) in [5, 5.41) is 18.9. The van der Waals surface area contributed by atoms with Crippen molar-refractivity contribution in [3.05, 3.63) is 29.3 Å². The number of ether oxygens (including phenoxy) is 1. The Bertz CT molecular complexity index is 532. The molecule has 0 bridgehead atoms. The third-order valence-corrected chi connectivity index (χ3v) is 3.80. The van der Waals surface area contributed by atoms with Gasteiger partial charge in [0.15, 0.2) is 11.5 Å². The number of rotatable bonds is 10. The SMILES string of the molecule is COc1cc(C=C(CCCCCCC(C)C)C(=O)O)ccc1O. The fraction of sp³-hybridized carbons (Fsp3) is 0.526. The van der Waals surface area contributed by atoms with Crippen LogP contribution in [0.15, 0.2) is 23.8 Å². The Balaban J connectivity index is 2.59. The zero-order chi connectivity index (χ0) is 17.2. The molecule has 0 amide bonds. The lowest BCUT2D eigenvalue weighted by molar-refractivity contribution is -0.132. The van der Waals surface area contributed by atoms with Crippen LogP contribution in [0.3, 0.4) is 0 Å². The normalized spacial score (nSPS) is 11.7. The van der Waals surface area contributed by atoms with Crippen molar-refractivity contribution in [2.24, 2.45) is 5.92 Å². The molecule has 1 rings (SSSR count). The Morgan fingerprint density at radius 2 is 1.91 bits per heavy atom. The molecule has 0 aliphatic carbocycles. The van der Waals surface area contributed by atoms with E-state index in [0.717, 1.165) is 30.7 Å². The second-order valence-corrected chi connectivity index (χ2v) is 6.25. The van der Waals surface area contributed by atoms with Gasteiger partial charge in [-0.2, -0.15) is 0 Å². The Hall–Kier alpha value is -1.97. The molecule has 0 saturated heterocycles. The van der Waals surface area contributed by atoms with Gasteiger partial charge in [0.25, 0.3) is 0 Å². The minimum absolute atomic E-state index is 0.0478. The maximum Gasteiger partial charge on any atom is 0.331 e. The summed E-state index contributed by atoms with van der Waals surface area (Å²) < 4.78 is 5.05. The molecule has 0 heterocycles. The number of hydrogen-bond acceptors (Lipinski definition) is 3. The van der Waals surface area contributed by atoms with E-state index in [1.807, 2.05) is 0 Å². The maximum absolute atomic E-state index is 11.4. The van der Waals surface area contributed by atoms with Crippen molar-refractivity contribution in [2.45, 2.75) is 52.4 Å². The number of hydrogen-bond donors (Lipinski definition) is 2. The van der Waals surface area contributed by atoms with Crippen LogP contribution >= 0.6 is 0 Å². The minimum atomic E-state index is -0.890. The Morgan fingerprint density at radius 1 is 1.22 bits per heavy atom. The highest BCUT2D eigenvalue weighted by atomic mass is 16.5. The topological polar surface area (TPSA) is 66.8 Å². The van der Waals surface area contributed by atoms with Gasteiger partial charge in [-0.05, 0) is 42.5 Å². The van der Waals surface area contributed by atoms with Gasteiger partial charge >= 0.3 is 5.97 Å². The highest BCUT2D eigenvalue weighted by Crippen LogP contribution is 2.27. The monoisotopic (exact) mass is 320 g/mol. The number of carbonyl (C=O) groups is 1. The van der Waals surface area contributed by atoms with Crippen LogP contribution in [0.2, 0.25) is 0 Å². The van der Waals surface area contributed by atoms with Crippen molar-refractivity contribution in [1.29, 1.82) is 0 Å². The van der Waals surface area contributed by atoms with E-state index in [4.69, 9.17) is 4.74 Å². The summed E-state index contributed by atoms with van der Waals surface area (Å²) in [5.74, 6) is 0.233. The largest absolute Gasteiger partial charge is 0.504 e. The van der Waals surface area contributed by atoms with Gasteiger partial charge in [0.2, 0.25) is 0 Å². The van der Waals surface area contributed by atoms with Gasteiger partial charge in [-0.3, -0.25) is 0 Å². The molecule has 0 spiro atoms. The van der Waals surface area contributed by atoms with E-state index in [9.17, 15) is 15.0 Å². The predicted octanol–water partition coefficient (Wildman–Crippen LogP) is 4.87. The number of unbranched alkanes of at least 4 members (excludes halogenated alkanes) is 3. The third-order valence-electron chi connectivity index (χ3n) is 3.80. The Kier molecular flexibility index (Phi) is 8.23. The number of aliphatic carboxylic acids is 1. The summed E-state index contributed by atoms with van der Waals surface area (Å²) in [5.41, 5.74) is 1.11. The molecule has 128 valence electrons. The van der Waals surface area contributed by atoms with Crippen LogP contribution in [0, 0.1) is 5.92 Å². The van der Waals surface area contributed by atoms with E-state index < -0.39 is 5.97 Å². The van der Waals surface area contributed by atoms with E-state index in [1.54, 1.807) is 18.2 Å². The summed E-state index contributed by atoms with van der Waals surface area (Å²) in [4.78, 5) is 11.4. The molecule has 0 aromatic heterocycles. The minimum Gasteiger partial charge on any atom is -0.504 e. The number of carboxylic acids is 1. The molecule has 0 radical (unpaired) electrons. The highest BCUT2D eigenvalue weighted by Gasteiger charge is 2.09. The first kappa shape index (κ1) is 19.1. The average molecular weight is 320 g/mol. The molecule has 2 N–H and O–H groups in total. The molecule has 1 aromatic carbocycles. The standard InChI is InChI=1S/C19H28O4/c1-14(2)8-6-4-5-7-9-16(19(21)22)12-15-10-11-17(20)18(13-15)23-3/h10-14,20H,4-9H2,1-3H3,(H,21,22). The molecule has 4 nitrogen and oxygen atoms in total. The predicted molar refractivity (Wildman–Crippen MR) is 92.8 cm³/mol. The van der Waals surface area contributed by atoms with E-state index in [2.05, 4.69) is 13.8 Å². The molecule has 0 unspecified atom stereocenters. The lowest BCUT2D eigenvalue weighted by Crippen LogP contribution is -2.00. The van der Waals surface area contributed by atoms with Crippen molar-refractivity contribution in [3.63, 3.8) is 0 Å². The first-order chi connectivity index (χ1) is 10.9. The van der Waals surface area contributed by atoms with Gasteiger partial charge in [-0.1, -0.05) is 45.6 Å². The van der Waals surface area contributed by atoms with Gasteiger partial charge in [-0.15, -0.1) is 0 Å². The summed E-state index contributed by atoms with van der Waals surface area (Å²) >= 11 is 0. The second kappa shape index (κ2) is 9.93. The fourth-order valence-corrected chi connectivity index (χ4v) is 2.45. The number of methoxy groups -OCH3 is 1. The number of phenols is 1. The van der Waals surface area contributed by atoms with Crippen molar-refractivity contribution >= 4 is 12.0 Å². The lowest BCUT2D eigenvalue weighted by Gasteiger charge is -2.07. The van der Waals surface area contributed by atoms with Crippen molar-refractivity contribution in [3.8, 4) is 11.5 Å². The third kappa shape index (κ3) is 7.22. The molecule has 0 aliphatic heterocycles. The van der Waals surface area contributed by atoms with Crippen LogP contribution < -0.4 is 4.74 Å². The van der Waals surface area contributed by atoms with E-state index >= 15 is 0 Å². The van der Waals surface area contributed by atoms with E-state index in [-0.39, 0.29) is 5.75 Å². The highest BCUT2D eigenvalue weighted by molar-refractivity contribution is 5.92. The quantitative estimate of drug-likeness (QED) is 0.477. The smallest absolute Gasteiger partial charge is 0.331 e. The molecule has 0 aliphatic rings. The average Bonchev–Trinajstić information content (AvgIpc) is 2.50. The van der Waals surface area contributed by atoms with Crippen LogP contribution in [-0.4, -0.2) is 23.3 Å². The fourth-order valence-electron chi connectivity index (χ4n) is 2.45. The second-order valence-electron chi connectivity index (χ2n) is 6.25. The van der Waals surface area contributed by atoms with Gasteiger partial charge < -0.3 is 14.9 Å². The summed E-state index contributed by atoms with van der Waals surface area (Å²) in [6, 6.07) is 4.83. The van der Waals surface area contributed by atoms with Gasteiger partial charge in [-0.25, -0.2) is 4.79 Å². The summed E-state index contributed by atoms with van der Waals surface area (Å²) in [7, 11) is 1.47.